The van der Waals surface area contributed by atoms with E-state index in [4.69, 9.17) is 17.0 Å². The zero-order chi connectivity index (χ0) is 25.8. The van der Waals surface area contributed by atoms with Crippen molar-refractivity contribution in [2.75, 3.05) is 0 Å². The minimum atomic E-state index is -1.17. The Labute approximate surface area is 208 Å². The summed E-state index contributed by atoms with van der Waals surface area (Å²) in [5, 5.41) is 55.3. The molecule has 191 valence electrons. The Morgan fingerprint density at radius 1 is 0.909 bits per heavy atom. The summed E-state index contributed by atoms with van der Waals surface area (Å²) in [6.45, 7) is 19.6. The van der Waals surface area contributed by atoms with Gasteiger partial charge in [-0.1, -0.05) is 36.0 Å². The molecule has 0 saturated heterocycles. The predicted molar refractivity (Wildman–Crippen MR) is 135 cm³/mol. The van der Waals surface area contributed by atoms with Crippen molar-refractivity contribution in [1.29, 1.82) is 0 Å². The fourth-order valence-electron chi connectivity index (χ4n) is 1.72. The van der Waals surface area contributed by atoms with Crippen molar-refractivity contribution in [3.8, 4) is 0 Å². The van der Waals surface area contributed by atoms with Gasteiger partial charge >= 0.3 is 0 Å². The second-order valence-electron chi connectivity index (χ2n) is 8.01. The smallest absolute Gasteiger partial charge is 0.0967 e. The molecule has 12 heteroatoms. The normalized spacial score (nSPS) is 13.8. The summed E-state index contributed by atoms with van der Waals surface area (Å²) < 4.78 is 0. The molecule has 0 saturated carbocycles. The van der Waals surface area contributed by atoms with E-state index in [0.29, 0.717) is 0 Å². The van der Waals surface area contributed by atoms with E-state index in [2.05, 4.69) is 45.2 Å². The molecule has 0 aliphatic rings. The summed E-state index contributed by atoms with van der Waals surface area (Å²) in [5.74, 6) is 0. The third-order valence-electron chi connectivity index (χ3n) is 3.43. The Kier molecular flexibility index (Phi) is 24.4. The Morgan fingerprint density at radius 2 is 1.27 bits per heavy atom. The molecule has 0 unspecified atom stereocenters. The third-order valence-corrected chi connectivity index (χ3v) is 5.21. The second-order valence-corrected chi connectivity index (χ2v) is 13.5. The van der Waals surface area contributed by atoms with Crippen molar-refractivity contribution in [2.45, 2.75) is 65.9 Å². The zero-order valence-electron chi connectivity index (χ0n) is 20.5. The van der Waals surface area contributed by atoms with Crippen LogP contribution in [-0.2, 0) is 16.8 Å². The van der Waals surface area contributed by atoms with Crippen LogP contribution in [0.3, 0.4) is 0 Å². The third kappa shape index (κ3) is 27.4. The molecule has 10 nitrogen and oxygen atoms in total. The maximum atomic E-state index is 9.63. The number of nitrogens with zero attached hydrogens (tertiary/aromatic N) is 5. The number of pyridine rings is 1. The Bertz CT molecular complexity index is 658. The molecule has 1 aromatic rings. The number of rotatable bonds is 5. The molecule has 1 rings (SSSR count). The van der Waals surface area contributed by atoms with Crippen LogP contribution in [0.2, 0.25) is 25.7 Å². The average Bonchev–Trinajstić information content (AvgIpc) is 2.77. The molecule has 0 bridgehead atoms. The Morgan fingerprint density at radius 3 is 1.36 bits per heavy atom. The first kappa shape index (κ1) is 37.8. The first-order valence-corrected chi connectivity index (χ1v) is 13.3. The van der Waals surface area contributed by atoms with Gasteiger partial charge in [0.2, 0.25) is 0 Å². The minimum absolute atomic E-state index is 0. The van der Waals surface area contributed by atoms with Crippen LogP contribution in [0.5, 0.6) is 0 Å². The predicted octanol–water partition coefficient (Wildman–Crippen LogP) is 4.73. The van der Waals surface area contributed by atoms with Crippen molar-refractivity contribution in [3.05, 3.63) is 53.7 Å². The van der Waals surface area contributed by atoms with E-state index < -0.39 is 13.7 Å². The molecular weight excluding hydrogens is 489 g/mol. The van der Waals surface area contributed by atoms with E-state index in [1.165, 1.54) is 33.8 Å². The van der Waals surface area contributed by atoms with Gasteiger partial charge in [-0.25, -0.2) is 6.08 Å². The molecule has 0 aliphatic heterocycles. The number of oxime groups is 2. The first-order chi connectivity index (χ1) is 14.7. The van der Waals surface area contributed by atoms with Gasteiger partial charge in [0.1, 0.15) is 0 Å². The molecule has 1 radical (unpaired) electrons. The van der Waals surface area contributed by atoms with E-state index in [1.807, 2.05) is 18.2 Å². The first-order valence-electron chi connectivity index (χ1n) is 9.56. The molecule has 0 spiro atoms. The Hall–Kier alpha value is -2.55. The van der Waals surface area contributed by atoms with Crippen LogP contribution in [0, 0.1) is 17.0 Å². The summed E-state index contributed by atoms with van der Waals surface area (Å²) in [6.07, 6.45) is 4.88. The van der Waals surface area contributed by atoms with E-state index in [9.17, 15) is 15.5 Å². The molecule has 1 aromatic heterocycles. The standard InChI is InChI=1S/C8H17OSi.C5H5N.2C4H8N2O2.Co/c1-6-8(2,9)7-10(3,4)5;1-2-4-6-5-3-1;2*1-3(5-7)4(2)6-8;/h1,6,9H,7H2,2-5H3;1-5H;2*7-8H,1-2H3;/q-1;;;;/p-2/b;;2*5-3+,6-4+;/t8-;;;;/m1..../s1. The molecule has 0 amide bonds. The van der Waals surface area contributed by atoms with Gasteiger partial charge in [-0.05, 0) is 52.8 Å². The molecule has 1 heterocycles. The van der Waals surface area contributed by atoms with Crippen LogP contribution in [-0.4, -0.2) is 57.0 Å². The van der Waals surface area contributed by atoms with Crippen molar-refractivity contribution in [3.63, 3.8) is 0 Å². The summed E-state index contributed by atoms with van der Waals surface area (Å²) in [6, 6.07) is 6.55. The molecule has 0 aliphatic carbocycles. The summed E-state index contributed by atoms with van der Waals surface area (Å²) >= 11 is 0. The van der Waals surface area contributed by atoms with Gasteiger partial charge in [0, 0.05) is 42.8 Å². The molecule has 3 N–H and O–H groups in total. The van der Waals surface area contributed by atoms with E-state index in [0.717, 1.165) is 6.04 Å². The number of aromatic nitrogens is 1. The molecule has 1 atom stereocenters. The Balaban J connectivity index is -0.000000170. The van der Waals surface area contributed by atoms with Gasteiger partial charge in [-0.3, -0.25) is 4.98 Å². The monoisotopic (exact) mass is 525 g/mol. The average molecular weight is 526 g/mol. The summed E-state index contributed by atoms with van der Waals surface area (Å²) in [5.41, 5.74) is 0.143. The SMILES string of the molecule is CC(=N\[O-])/C(C)=N/O.CC(=N\[O-])/C(C)=N/O.[CH-]=C[C@@](C)(O)C[Si](C)(C)C.[Co].c1ccncc1. The molecule has 0 aromatic carbocycles. The van der Waals surface area contributed by atoms with Gasteiger partial charge in [0.05, 0.1) is 22.8 Å². The fraction of sp³-hybridized carbons (Fsp3) is 0.476. The van der Waals surface area contributed by atoms with Crippen molar-refractivity contribution < 1.29 is 32.3 Å². The van der Waals surface area contributed by atoms with Gasteiger partial charge in [-0.2, -0.15) is 0 Å². The van der Waals surface area contributed by atoms with Crippen LogP contribution >= 0.6 is 0 Å². The maximum absolute atomic E-state index is 9.63. The van der Waals surface area contributed by atoms with Crippen molar-refractivity contribution in [1.82, 2.24) is 4.98 Å². The van der Waals surface area contributed by atoms with E-state index >= 15 is 0 Å². The quantitative estimate of drug-likeness (QED) is 0.165. The van der Waals surface area contributed by atoms with E-state index in [-0.39, 0.29) is 39.6 Å². The molecule has 0 fully saturated rings. The number of hydrogen-bond donors (Lipinski definition) is 3. The van der Waals surface area contributed by atoms with Crippen LogP contribution < -0.4 is 0 Å². The van der Waals surface area contributed by atoms with Gasteiger partial charge < -0.3 is 42.8 Å². The fourth-order valence-corrected chi connectivity index (χ4v) is 3.99. The largest absolute Gasteiger partial charge is 0.792 e. The molecule has 33 heavy (non-hydrogen) atoms. The number of aliphatic hydroxyl groups is 1. The van der Waals surface area contributed by atoms with Crippen LogP contribution in [0.4, 0.5) is 0 Å². The van der Waals surface area contributed by atoms with Crippen LogP contribution in [0.25, 0.3) is 0 Å². The van der Waals surface area contributed by atoms with Crippen molar-refractivity contribution >= 4 is 30.9 Å². The van der Waals surface area contributed by atoms with E-state index in [1.54, 1.807) is 19.3 Å². The minimum Gasteiger partial charge on any atom is -0.792 e. The molecular formula is C21H36CoN5O5Si-3. The summed E-state index contributed by atoms with van der Waals surface area (Å²) in [4.78, 5) is 3.78. The van der Waals surface area contributed by atoms with Gasteiger partial charge in [-0.15, -0.1) is 0 Å². The van der Waals surface area contributed by atoms with Crippen molar-refractivity contribution in [2.24, 2.45) is 20.6 Å². The zero-order valence-corrected chi connectivity index (χ0v) is 22.5. The summed E-state index contributed by atoms with van der Waals surface area (Å²) in [7, 11) is -1.17. The van der Waals surface area contributed by atoms with Crippen LogP contribution in [0.1, 0.15) is 34.6 Å². The maximum Gasteiger partial charge on any atom is 0.0967 e. The topological polar surface area (TPSA) is 169 Å². The van der Waals surface area contributed by atoms with Gasteiger partial charge in [0.15, 0.2) is 0 Å². The number of hydrogen-bond acceptors (Lipinski definition) is 10. The van der Waals surface area contributed by atoms with Gasteiger partial charge in [0.25, 0.3) is 0 Å². The van der Waals surface area contributed by atoms with Crippen LogP contribution in [0.15, 0.2) is 57.3 Å². The second kappa shape index (κ2) is 21.3.